The van der Waals surface area contributed by atoms with Crippen LogP contribution in [0.2, 0.25) is 0 Å². The summed E-state index contributed by atoms with van der Waals surface area (Å²) in [6.45, 7) is 9.91. The minimum absolute atomic E-state index is 0.194. The molecule has 118 valence electrons. The normalized spacial score (nSPS) is 11.1. The van der Waals surface area contributed by atoms with Gasteiger partial charge >= 0.3 is 5.69 Å². The summed E-state index contributed by atoms with van der Waals surface area (Å²) in [5, 5.41) is 0. The molecular weight excluding hydrogens is 291 g/mol. The maximum atomic E-state index is 14.0. The summed E-state index contributed by atoms with van der Waals surface area (Å²) < 4.78 is 17.2. The predicted octanol–water partition coefficient (Wildman–Crippen LogP) is 4.10. The molecule has 1 aromatic heterocycles. The van der Waals surface area contributed by atoms with Crippen LogP contribution in [-0.2, 0) is 6.54 Å². The highest BCUT2D eigenvalue weighted by Crippen LogP contribution is 2.22. The van der Waals surface area contributed by atoms with E-state index in [-0.39, 0.29) is 18.1 Å². The van der Waals surface area contributed by atoms with Crippen LogP contribution >= 0.6 is 0 Å². The van der Waals surface area contributed by atoms with Gasteiger partial charge in [-0.2, -0.15) is 0 Å². The monoisotopic (exact) mass is 310 g/mol. The van der Waals surface area contributed by atoms with E-state index < -0.39 is 0 Å². The first-order chi connectivity index (χ1) is 10.9. The van der Waals surface area contributed by atoms with Crippen LogP contribution in [0.5, 0.6) is 0 Å². The Balaban J connectivity index is 2.30. The number of allylic oxidation sites excluding steroid dienone is 1. The number of hydrogen-bond acceptors (Lipinski definition) is 1. The van der Waals surface area contributed by atoms with Crippen LogP contribution in [0.1, 0.15) is 23.6 Å². The summed E-state index contributed by atoms with van der Waals surface area (Å²) in [7, 11) is 0. The van der Waals surface area contributed by atoms with Crippen molar-refractivity contribution in [2.24, 2.45) is 0 Å². The van der Waals surface area contributed by atoms with Crippen molar-refractivity contribution in [3.63, 3.8) is 0 Å². The van der Waals surface area contributed by atoms with Gasteiger partial charge in [0.25, 0.3) is 0 Å². The Morgan fingerprint density at radius 2 is 1.74 bits per heavy atom. The van der Waals surface area contributed by atoms with Gasteiger partial charge in [0, 0.05) is 11.3 Å². The van der Waals surface area contributed by atoms with Crippen LogP contribution in [0, 0.1) is 19.7 Å². The lowest BCUT2D eigenvalue weighted by Crippen LogP contribution is -2.23. The quantitative estimate of drug-likeness (QED) is 0.715. The molecule has 1 heterocycles. The molecule has 0 fully saturated rings. The van der Waals surface area contributed by atoms with E-state index in [1.54, 1.807) is 34.3 Å². The molecule has 3 aromatic rings. The first kappa shape index (κ1) is 15.3. The lowest BCUT2D eigenvalue weighted by molar-refractivity contribution is 0.598. The molecule has 0 aliphatic carbocycles. The fourth-order valence-electron chi connectivity index (χ4n) is 2.83. The molecule has 2 aromatic carbocycles. The zero-order chi connectivity index (χ0) is 16.7. The average molecular weight is 310 g/mol. The smallest absolute Gasteiger partial charge is 0.287 e. The highest BCUT2D eigenvalue weighted by Gasteiger charge is 2.16. The zero-order valence-corrected chi connectivity index (χ0v) is 13.6. The third kappa shape index (κ3) is 2.50. The summed E-state index contributed by atoms with van der Waals surface area (Å²) in [4.78, 5) is 12.8. The van der Waals surface area contributed by atoms with Gasteiger partial charge in [-0.1, -0.05) is 24.8 Å². The van der Waals surface area contributed by atoms with Gasteiger partial charge in [-0.25, -0.2) is 9.18 Å². The third-order valence-corrected chi connectivity index (χ3v) is 4.21. The number of benzene rings is 2. The van der Waals surface area contributed by atoms with Crippen molar-refractivity contribution in [1.29, 1.82) is 0 Å². The molecule has 0 spiro atoms. The minimum Gasteiger partial charge on any atom is -0.287 e. The van der Waals surface area contributed by atoms with Gasteiger partial charge in [0.05, 0.1) is 17.6 Å². The Kier molecular flexibility index (Phi) is 3.68. The number of aryl methyl sites for hydroxylation is 2. The maximum absolute atomic E-state index is 14.0. The molecule has 0 saturated carbocycles. The first-order valence-corrected chi connectivity index (χ1v) is 7.52. The molecule has 3 rings (SSSR count). The molecule has 0 aliphatic heterocycles. The van der Waals surface area contributed by atoms with E-state index in [1.807, 2.05) is 26.0 Å². The fraction of sp³-hybridized carbons (Fsp3) is 0.211. The van der Waals surface area contributed by atoms with Gasteiger partial charge in [0.1, 0.15) is 5.82 Å². The molecule has 3 nitrogen and oxygen atoms in total. The summed E-state index contributed by atoms with van der Waals surface area (Å²) in [6, 6.07) is 10.5. The van der Waals surface area contributed by atoms with Gasteiger partial charge in [0.15, 0.2) is 0 Å². The molecule has 23 heavy (non-hydrogen) atoms. The summed E-state index contributed by atoms with van der Waals surface area (Å²) in [5.41, 5.74) is 4.75. The summed E-state index contributed by atoms with van der Waals surface area (Å²) in [6.07, 6.45) is 0. The number of fused-ring (bicyclic) bond motifs is 1. The predicted molar refractivity (Wildman–Crippen MR) is 92.2 cm³/mol. The van der Waals surface area contributed by atoms with Crippen molar-refractivity contribution < 1.29 is 4.39 Å². The molecular formula is C19H19FN2O. The van der Waals surface area contributed by atoms with E-state index in [0.717, 1.165) is 22.2 Å². The lowest BCUT2D eigenvalue weighted by Gasteiger charge is -2.06. The molecule has 0 unspecified atom stereocenters. The van der Waals surface area contributed by atoms with Crippen molar-refractivity contribution in [1.82, 2.24) is 9.13 Å². The van der Waals surface area contributed by atoms with E-state index in [2.05, 4.69) is 6.58 Å². The second-order valence-electron chi connectivity index (χ2n) is 5.96. The van der Waals surface area contributed by atoms with Crippen molar-refractivity contribution in [2.75, 3.05) is 0 Å². The van der Waals surface area contributed by atoms with Crippen LogP contribution in [0.4, 0.5) is 4.39 Å². The third-order valence-electron chi connectivity index (χ3n) is 4.21. The molecule has 4 heteroatoms. The molecule has 0 saturated heterocycles. The summed E-state index contributed by atoms with van der Waals surface area (Å²) in [5.74, 6) is -0.306. The Bertz CT molecular complexity index is 979. The van der Waals surface area contributed by atoms with Crippen LogP contribution in [0.3, 0.4) is 0 Å². The number of aromatic nitrogens is 2. The number of rotatable bonds is 3. The molecule has 0 aliphatic rings. The Morgan fingerprint density at radius 1 is 1.13 bits per heavy atom. The van der Waals surface area contributed by atoms with Crippen molar-refractivity contribution in [3.05, 3.63) is 76.0 Å². The van der Waals surface area contributed by atoms with Crippen LogP contribution in [0.25, 0.3) is 16.7 Å². The first-order valence-electron chi connectivity index (χ1n) is 7.52. The van der Waals surface area contributed by atoms with Crippen LogP contribution in [-0.4, -0.2) is 9.13 Å². The number of halogens is 1. The van der Waals surface area contributed by atoms with Gasteiger partial charge in [-0.3, -0.25) is 9.13 Å². The SMILES string of the molecule is C=C(C)n1c(=O)n(Cc2ccccc2F)c2cc(C)c(C)cc21. The number of hydrogen-bond donors (Lipinski definition) is 0. The van der Waals surface area contributed by atoms with Crippen molar-refractivity contribution >= 4 is 16.7 Å². The van der Waals surface area contributed by atoms with E-state index >= 15 is 0 Å². The second-order valence-corrected chi connectivity index (χ2v) is 5.96. The largest absolute Gasteiger partial charge is 0.333 e. The standard InChI is InChI=1S/C19H19FN2O/c1-12(2)22-18-10-14(4)13(3)9-17(18)21(19(22)23)11-15-7-5-6-8-16(15)20/h5-10H,1,11H2,2-4H3. The second kappa shape index (κ2) is 5.54. The Labute approximate surface area is 134 Å². The zero-order valence-electron chi connectivity index (χ0n) is 13.6. The molecule has 0 bridgehead atoms. The molecule has 0 amide bonds. The molecule has 0 radical (unpaired) electrons. The molecule has 0 N–H and O–H groups in total. The van der Waals surface area contributed by atoms with Gasteiger partial charge in [-0.15, -0.1) is 0 Å². The highest BCUT2D eigenvalue weighted by molar-refractivity contribution is 5.81. The van der Waals surface area contributed by atoms with E-state index in [9.17, 15) is 9.18 Å². The fourth-order valence-corrected chi connectivity index (χ4v) is 2.83. The number of imidazole rings is 1. The van der Waals surface area contributed by atoms with Crippen molar-refractivity contribution in [3.8, 4) is 0 Å². The lowest BCUT2D eigenvalue weighted by atomic mass is 10.1. The average Bonchev–Trinajstić information content (AvgIpc) is 2.74. The van der Waals surface area contributed by atoms with Crippen LogP contribution < -0.4 is 5.69 Å². The minimum atomic E-state index is -0.306. The Hall–Kier alpha value is -2.62. The Morgan fingerprint density at radius 3 is 2.35 bits per heavy atom. The maximum Gasteiger partial charge on any atom is 0.333 e. The van der Waals surface area contributed by atoms with E-state index in [4.69, 9.17) is 0 Å². The van der Waals surface area contributed by atoms with Gasteiger partial charge in [-0.05, 0) is 50.1 Å². The topological polar surface area (TPSA) is 26.9 Å². The summed E-state index contributed by atoms with van der Waals surface area (Å²) >= 11 is 0. The van der Waals surface area contributed by atoms with Gasteiger partial charge in [0.2, 0.25) is 0 Å². The number of nitrogens with zero attached hydrogens (tertiary/aromatic N) is 2. The molecule has 0 atom stereocenters. The van der Waals surface area contributed by atoms with Crippen molar-refractivity contribution in [2.45, 2.75) is 27.3 Å². The van der Waals surface area contributed by atoms with Gasteiger partial charge < -0.3 is 0 Å². The van der Waals surface area contributed by atoms with E-state index in [0.29, 0.717) is 11.3 Å². The highest BCUT2D eigenvalue weighted by atomic mass is 19.1. The van der Waals surface area contributed by atoms with Crippen LogP contribution in [0.15, 0.2) is 47.8 Å². The van der Waals surface area contributed by atoms with E-state index in [1.165, 1.54) is 6.07 Å².